The van der Waals surface area contributed by atoms with E-state index in [9.17, 15) is 18.3 Å². The van der Waals surface area contributed by atoms with Crippen LogP contribution in [0.15, 0.2) is 12.1 Å². The maximum Gasteiger partial charge on any atom is 0.435 e. The van der Waals surface area contributed by atoms with Crippen molar-refractivity contribution in [2.75, 3.05) is 11.9 Å². The van der Waals surface area contributed by atoms with Crippen LogP contribution in [0, 0.1) is 0 Å². The average Bonchev–Trinajstić information content (AvgIpc) is 2.35. The van der Waals surface area contributed by atoms with Crippen molar-refractivity contribution in [3.8, 4) is 0 Å². The topological polar surface area (TPSA) is 58.0 Å². The van der Waals surface area contributed by atoms with Crippen molar-refractivity contribution in [2.45, 2.75) is 38.5 Å². The number of hydrogen-bond acceptors (Lipinski definition) is 4. The van der Waals surface area contributed by atoms with E-state index in [1.165, 1.54) is 6.07 Å². The Balaban J connectivity index is 2.65. The van der Waals surface area contributed by atoms with Crippen molar-refractivity contribution >= 4 is 5.82 Å². The zero-order chi connectivity index (χ0) is 13.8. The Morgan fingerprint density at radius 1 is 1.17 bits per heavy atom. The number of nitrogens with zero attached hydrogens (tertiary/aromatic N) is 2. The molecule has 0 amide bonds. The molecule has 0 aromatic carbocycles. The third kappa shape index (κ3) is 3.83. The fraction of sp³-hybridized carbons (Fsp3) is 0.636. The number of aliphatic hydroxyl groups is 1. The van der Waals surface area contributed by atoms with Gasteiger partial charge in [0.05, 0.1) is 5.60 Å². The first-order valence-corrected chi connectivity index (χ1v) is 5.68. The SMILES string of the molecule is CCC(O)(CC)CNc1ccc(C(F)(F)F)nn1. The van der Waals surface area contributed by atoms with E-state index in [1.54, 1.807) is 0 Å². The van der Waals surface area contributed by atoms with E-state index in [1.807, 2.05) is 13.8 Å². The maximum atomic E-state index is 12.2. The first-order chi connectivity index (χ1) is 8.30. The standard InChI is InChI=1S/C11H16F3N3O/c1-3-10(18,4-2)7-15-9-6-5-8(16-17-9)11(12,13)14/h5-6,18H,3-4,7H2,1-2H3,(H,15,17). The van der Waals surface area contributed by atoms with E-state index in [-0.39, 0.29) is 12.4 Å². The van der Waals surface area contributed by atoms with Crippen LogP contribution in [0.3, 0.4) is 0 Å². The van der Waals surface area contributed by atoms with Gasteiger partial charge < -0.3 is 10.4 Å². The highest BCUT2D eigenvalue weighted by molar-refractivity contribution is 5.33. The molecular weight excluding hydrogens is 247 g/mol. The molecule has 1 aromatic rings. The van der Waals surface area contributed by atoms with Crippen LogP contribution >= 0.6 is 0 Å². The van der Waals surface area contributed by atoms with Crippen molar-refractivity contribution in [3.05, 3.63) is 17.8 Å². The van der Waals surface area contributed by atoms with Crippen molar-refractivity contribution in [1.29, 1.82) is 0 Å². The Morgan fingerprint density at radius 3 is 2.17 bits per heavy atom. The minimum absolute atomic E-state index is 0.211. The minimum atomic E-state index is -4.49. The number of hydrogen-bond donors (Lipinski definition) is 2. The molecule has 1 rings (SSSR count). The second kappa shape index (κ2) is 5.51. The molecule has 102 valence electrons. The predicted octanol–water partition coefficient (Wildman–Crippen LogP) is 2.46. The summed E-state index contributed by atoms with van der Waals surface area (Å²) in [5.74, 6) is 0.211. The molecule has 0 saturated heterocycles. The number of nitrogens with one attached hydrogen (secondary N) is 1. The monoisotopic (exact) mass is 263 g/mol. The lowest BCUT2D eigenvalue weighted by Gasteiger charge is -2.25. The zero-order valence-electron chi connectivity index (χ0n) is 10.3. The fourth-order valence-corrected chi connectivity index (χ4v) is 1.33. The van der Waals surface area contributed by atoms with Gasteiger partial charge in [-0.25, -0.2) is 0 Å². The van der Waals surface area contributed by atoms with E-state index in [2.05, 4.69) is 15.5 Å². The minimum Gasteiger partial charge on any atom is -0.388 e. The van der Waals surface area contributed by atoms with Crippen molar-refractivity contribution in [3.63, 3.8) is 0 Å². The summed E-state index contributed by atoms with van der Waals surface area (Å²) in [6, 6.07) is 2.05. The van der Waals surface area contributed by atoms with Crippen molar-refractivity contribution < 1.29 is 18.3 Å². The molecule has 0 saturated carbocycles. The van der Waals surface area contributed by atoms with Gasteiger partial charge in [-0.1, -0.05) is 13.8 Å². The lowest BCUT2D eigenvalue weighted by molar-refractivity contribution is -0.141. The molecule has 0 radical (unpaired) electrons. The Morgan fingerprint density at radius 2 is 1.78 bits per heavy atom. The van der Waals surface area contributed by atoms with Crippen LogP contribution in [-0.2, 0) is 6.18 Å². The molecular formula is C11H16F3N3O. The maximum absolute atomic E-state index is 12.2. The lowest BCUT2D eigenvalue weighted by Crippen LogP contribution is -2.35. The molecule has 2 N–H and O–H groups in total. The molecule has 0 aliphatic heterocycles. The summed E-state index contributed by atoms with van der Waals surface area (Å²) >= 11 is 0. The Bertz CT molecular complexity index is 374. The Kier molecular flexibility index (Phi) is 4.50. The summed E-state index contributed by atoms with van der Waals surface area (Å²) in [6.45, 7) is 3.90. The first kappa shape index (κ1) is 14.7. The summed E-state index contributed by atoms with van der Waals surface area (Å²) in [6.07, 6.45) is -3.39. The van der Waals surface area contributed by atoms with Gasteiger partial charge in [0.1, 0.15) is 5.82 Å². The molecule has 1 heterocycles. The van der Waals surface area contributed by atoms with Crippen LogP contribution in [-0.4, -0.2) is 27.4 Å². The second-order valence-corrected chi connectivity index (χ2v) is 4.09. The number of alkyl halides is 3. The second-order valence-electron chi connectivity index (χ2n) is 4.09. The highest BCUT2D eigenvalue weighted by Crippen LogP contribution is 2.27. The van der Waals surface area contributed by atoms with Crippen LogP contribution in [0.4, 0.5) is 19.0 Å². The largest absolute Gasteiger partial charge is 0.435 e. The summed E-state index contributed by atoms with van der Waals surface area (Å²) < 4.78 is 36.7. The van der Waals surface area contributed by atoms with E-state index in [0.717, 1.165) is 6.07 Å². The van der Waals surface area contributed by atoms with Crippen LogP contribution in [0.1, 0.15) is 32.4 Å². The molecule has 0 aliphatic rings. The van der Waals surface area contributed by atoms with Crippen LogP contribution in [0.5, 0.6) is 0 Å². The van der Waals surface area contributed by atoms with E-state index >= 15 is 0 Å². The molecule has 4 nitrogen and oxygen atoms in total. The molecule has 0 unspecified atom stereocenters. The summed E-state index contributed by atoms with van der Waals surface area (Å²) in [4.78, 5) is 0. The van der Waals surface area contributed by atoms with Crippen molar-refractivity contribution in [2.24, 2.45) is 0 Å². The lowest BCUT2D eigenvalue weighted by atomic mass is 9.98. The number of halogens is 3. The Hall–Kier alpha value is -1.37. The molecule has 7 heteroatoms. The van der Waals surface area contributed by atoms with Crippen LogP contribution in [0.25, 0.3) is 0 Å². The molecule has 18 heavy (non-hydrogen) atoms. The molecule has 0 spiro atoms. The van der Waals surface area contributed by atoms with Gasteiger partial charge >= 0.3 is 6.18 Å². The molecule has 0 fully saturated rings. The number of rotatable bonds is 5. The predicted molar refractivity (Wildman–Crippen MR) is 61.1 cm³/mol. The van der Waals surface area contributed by atoms with Gasteiger partial charge in [-0.3, -0.25) is 0 Å². The highest BCUT2D eigenvalue weighted by atomic mass is 19.4. The third-order valence-corrected chi connectivity index (χ3v) is 2.87. The van der Waals surface area contributed by atoms with Crippen LogP contribution in [0.2, 0.25) is 0 Å². The third-order valence-electron chi connectivity index (χ3n) is 2.87. The van der Waals surface area contributed by atoms with Crippen LogP contribution < -0.4 is 5.32 Å². The summed E-state index contributed by atoms with van der Waals surface area (Å²) in [5.41, 5.74) is -1.92. The normalized spacial score (nSPS) is 12.6. The highest BCUT2D eigenvalue weighted by Gasteiger charge is 2.33. The van der Waals surface area contributed by atoms with Gasteiger partial charge in [0.25, 0.3) is 0 Å². The molecule has 0 atom stereocenters. The van der Waals surface area contributed by atoms with Gasteiger partial charge in [0, 0.05) is 6.54 Å². The molecule has 0 bridgehead atoms. The quantitative estimate of drug-likeness (QED) is 0.856. The van der Waals surface area contributed by atoms with Gasteiger partial charge in [-0.15, -0.1) is 10.2 Å². The molecule has 1 aromatic heterocycles. The Labute approximate surface area is 103 Å². The van der Waals surface area contributed by atoms with E-state index < -0.39 is 17.5 Å². The van der Waals surface area contributed by atoms with Gasteiger partial charge in [-0.2, -0.15) is 13.2 Å². The van der Waals surface area contributed by atoms with E-state index in [0.29, 0.717) is 12.8 Å². The van der Waals surface area contributed by atoms with Gasteiger partial charge in [0.2, 0.25) is 0 Å². The number of anilines is 1. The van der Waals surface area contributed by atoms with Crippen molar-refractivity contribution in [1.82, 2.24) is 10.2 Å². The molecule has 0 aliphatic carbocycles. The fourth-order valence-electron chi connectivity index (χ4n) is 1.33. The van der Waals surface area contributed by atoms with Gasteiger partial charge in [0.15, 0.2) is 5.69 Å². The average molecular weight is 263 g/mol. The summed E-state index contributed by atoms with van der Waals surface area (Å²) in [5, 5.41) is 19.3. The first-order valence-electron chi connectivity index (χ1n) is 5.68. The van der Waals surface area contributed by atoms with Gasteiger partial charge in [-0.05, 0) is 25.0 Å². The van der Waals surface area contributed by atoms with E-state index in [4.69, 9.17) is 0 Å². The number of aromatic nitrogens is 2. The zero-order valence-corrected chi connectivity index (χ0v) is 10.3. The smallest absolute Gasteiger partial charge is 0.388 e. The summed E-state index contributed by atoms with van der Waals surface area (Å²) in [7, 11) is 0.